The van der Waals surface area contributed by atoms with Gasteiger partial charge in [0.1, 0.15) is 91.3 Å². The van der Waals surface area contributed by atoms with Gasteiger partial charge in [-0.3, -0.25) is 24.0 Å². The summed E-state index contributed by atoms with van der Waals surface area (Å²) in [5.41, 5.74) is 7.94. The molecule has 17 aromatic rings. The Labute approximate surface area is 722 Å². The number of hydrogen-bond donors (Lipinski definition) is 2. The van der Waals surface area contributed by atoms with Gasteiger partial charge in [-0.05, 0) is 241 Å². The summed E-state index contributed by atoms with van der Waals surface area (Å²) in [6, 6.07) is 61.3. The van der Waals surface area contributed by atoms with Crippen LogP contribution in [0.3, 0.4) is 0 Å². The van der Waals surface area contributed by atoms with Crippen molar-refractivity contribution in [3.05, 3.63) is 265 Å². The average Bonchev–Trinajstić information content (AvgIpc) is 1.64. The third-order valence-electron chi connectivity index (χ3n) is 21.0. The molecule has 2 aliphatic carbocycles. The second-order valence-electron chi connectivity index (χ2n) is 28.1. The number of fused-ring (bicyclic) bond motifs is 16. The number of ketones is 4. The van der Waals surface area contributed by atoms with Gasteiger partial charge in [-0.2, -0.15) is 9.59 Å². The molecule has 0 bridgehead atoms. The molecule has 12 aromatic carbocycles. The molecule has 23 heteroatoms. The first-order chi connectivity index (χ1) is 57.3. The Morgan fingerprint density at radius 2 is 0.730 bits per heavy atom. The molecular formula is C99H92ClO21W-. The quantitative estimate of drug-likeness (QED) is 0.0356. The third kappa shape index (κ3) is 20.4. The van der Waals surface area contributed by atoms with Crippen molar-refractivity contribution >= 4 is 166 Å². The van der Waals surface area contributed by atoms with Crippen molar-refractivity contribution in [2.75, 3.05) is 42.7 Å². The molecule has 0 radical (unpaired) electrons. The predicted octanol–water partition coefficient (Wildman–Crippen LogP) is 23.2. The first-order valence-electron chi connectivity index (χ1n) is 37.9. The van der Waals surface area contributed by atoms with Crippen molar-refractivity contribution < 1.29 is 115 Å². The van der Waals surface area contributed by atoms with Crippen LogP contribution in [0.1, 0.15) is 106 Å². The molecule has 0 aliphatic heterocycles. The molecule has 5 heterocycles. The number of halogens is 1. The Bertz CT molecular complexity index is 6600. The summed E-state index contributed by atoms with van der Waals surface area (Å²) < 4.78 is 58.9. The summed E-state index contributed by atoms with van der Waals surface area (Å²) in [5, 5.41) is 35.8. The molecule has 2 unspecified atom stereocenters. The molecule has 122 heavy (non-hydrogen) atoms. The van der Waals surface area contributed by atoms with Crippen molar-refractivity contribution in [1.82, 2.24) is 0 Å². The molecule has 2 fully saturated rings. The number of aliphatic carboxylic acids is 1. The number of alkyl halides is 1. The zero-order chi connectivity index (χ0) is 83.3. The number of aryl methyl sites for hydroxylation is 1. The standard InChI is InChI=1S/2C19H16O4.C16H16O2.C15H11ClO3.C15H12O4.C11H10O2.CO2.2CH4.CH3.W/c2*1-22-13-4-6-14-11(8-13)2-7-18-19(14)16(10-23-18)15-5-3-12(20)9-17(15)21;1-3-4-12-10-18-15-8-5-11-9-13(17-2)6-7-14(11)16(12)15;1-18-11-3-4-12-9(6-11)2-5-13-15(12)10(8-16)7-14(17)19-13;1-18-11-3-4-12-9(6-11)2-5-13-15(12)10(8-19-13)7-14(16)17;1-13-11-5-3-8-6-10(12)4-2-9(8)7-11;2-1-3;;;;/h2*2,4,6-8,10,15H,3,5,9H2,1H3;5-10H,3-4H2,1-2H3;2-7H,8H2,1H3;2-6,8H,7H2,1H3,(H,16,17);2-7,12H,1H3;;2*1H4;1H3;/q;;;;;;;;;-1;. The summed E-state index contributed by atoms with van der Waals surface area (Å²) in [7, 11) is 9.86. The molecule has 0 saturated heterocycles. The van der Waals surface area contributed by atoms with E-state index >= 15 is 0 Å². The van der Waals surface area contributed by atoms with E-state index in [4.69, 9.17) is 76.8 Å². The Balaban J connectivity index is 0.000000165. The van der Waals surface area contributed by atoms with Crippen LogP contribution in [0.15, 0.2) is 246 Å². The maximum atomic E-state index is 12.3. The van der Waals surface area contributed by atoms with Crippen LogP contribution in [0, 0.1) is 7.43 Å². The van der Waals surface area contributed by atoms with Gasteiger partial charge in [-0.1, -0.05) is 70.7 Å². The van der Waals surface area contributed by atoms with E-state index in [1.165, 1.54) is 34.1 Å². The number of phenolic OH excluding ortho intramolecular Hbond substituents is 1. The number of methoxy groups -OCH3 is 6. The first-order valence-corrected chi connectivity index (χ1v) is 38.4. The van der Waals surface area contributed by atoms with Crippen LogP contribution in [0.5, 0.6) is 40.2 Å². The molecule has 2 N–H and O–H groups in total. The van der Waals surface area contributed by atoms with E-state index in [9.17, 15) is 33.9 Å². The summed E-state index contributed by atoms with van der Waals surface area (Å²) in [5.74, 6) is 4.13. The zero-order valence-electron chi connectivity index (χ0n) is 66.9. The summed E-state index contributed by atoms with van der Waals surface area (Å²) in [6.45, 7) is 2.19. The molecule has 2 aliphatic rings. The van der Waals surface area contributed by atoms with Gasteiger partial charge in [0.2, 0.25) is 0 Å². The maximum absolute atomic E-state index is 12.3. The van der Waals surface area contributed by atoms with Crippen molar-refractivity contribution in [3.63, 3.8) is 0 Å². The number of phenols is 1. The summed E-state index contributed by atoms with van der Waals surface area (Å²) in [4.78, 5) is 86.1. The zero-order valence-corrected chi connectivity index (χ0v) is 70.6. The van der Waals surface area contributed by atoms with Crippen molar-refractivity contribution in [2.24, 2.45) is 0 Å². The number of rotatable bonds is 13. The van der Waals surface area contributed by atoms with Crippen LogP contribution in [-0.2, 0) is 73.3 Å². The molecule has 5 aromatic heterocycles. The summed E-state index contributed by atoms with van der Waals surface area (Å²) in [6.07, 6.45) is 11.3. The van der Waals surface area contributed by atoms with Crippen LogP contribution in [0.2, 0.25) is 0 Å². The fourth-order valence-electron chi connectivity index (χ4n) is 15.4. The van der Waals surface area contributed by atoms with Gasteiger partial charge < -0.3 is 68.1 Å². The van der Waals surface area contributed by atoms with E-state index in [0.717, 1.165) is 156 Å². The molecule has 0 amide bonds. The second kappa shape index (κ2) is 42.1. The van der Waals surface area contributed by atoms with Crippen LogP contribution < -0.4 is 34.0 Å². The number of ether oxygens (including phenoxy) is 6. The number of Topliss-reactive ketones (excluding diaryl/α,β-unsaturated/α-hetero) is 4. The minimum Gasteiger partial charge on any atom is -0.508 e. The topological polar surface area (TPSA) is 298 Å². The van der Waals surface area contributed by atoms with Gasteiger partial charge in [0.05, 0.1) is 87.0 Å². The minimum absolute atomic E-state index is 0. The Hall–Kier alpha value is -13.3. The van der Waals surface area contributed by atoms with Crippen LogP contribution in [0.4, 0.5) is 0 Å². The maximum Gasteiger partial charge on any atom is 0.373 e. The molecule has 2 atom stereocenters. The normalized spacial score (nSPS) is 13.3. The van der Waals surface area contributed by atoms with Gasteiger partial charge in [0, 0.05) is 101 Å². The van der Waals surface area contributed by atoms with E-state index in [-0.39, 0.29) is 121 Å². The fraction of sp³-hybridized carbons (Fsp3) is 0.212. The first kappa shape index (κ1) is 92.6. The molecule has 19 rings (SSSR count). The molecule has 2 saturated carbocycles. The number of benzene rings is 12. The predicted molar refractivity (Wildman–Crippen MR) is 473 cm³/mol. The van der Waals surface area contributed by atoms with E-state index < -0.39 is 5.97 Å². The SMILES string of the molecule is C.C.CCCc1coc2ccc3cc(OC)ccc3c12.COc1ccc2c(ccc3oc(=O)cc(CCl)c32)c1.COc1ccc2c(ccc3occ(C4CCC(=O)CC4=O)c32)c1.COc1ccc2c(ccc3occ(C4CCC(=O)CC4=O)c32)c1.COc1ccc2c(ccc3occ(CC(=O)O)c32)c1.COc1ccc2cc(O)ccc2c1.O=C=O.[CH3-].[W]. The van der Waals surface area contributed by atoms with Gasteiger partial charge in [0.25, 0.3) is 0 Å². The molecular weight excluding hydrogens is 1740 g/mol. The van der Waals surface area contributed by atoms with Crippen molar-refractivity contribution in [2.45, 2.75) is 97.3 Å². The van der Waals surface area contributed by atoms with Crippen molar-refractivity contribution in [3.8, 4) is 40.2 Å². The number of carboxylic acids is 1. The third-order valence-corrected chi connectivity index (χ3v) is 21.3. The fourth-order valence-corrected chi connectivity index (χ4v) is 15.6. The van der Waals surface area contributed by atoms with Crippen LogP contribution in [0.25, 0.3) is 119 Å². The van der Waals surface area contributed by atoms with Crippen molar-refractivity contribution in [1.29, 1.82) is 0 Å². The molecule has 0 spiro atoms. The number of carboxylic acid groups (broad SMARTS) is 1. The van der Waals surface area contributed by atoms with E-state index in [1.54, 1.807) is 73.4 Å². The van der Waals surface area contributed by atoms with Crippen LogP contribution >= 0.6 is 11.6 Å². The molecule has 21 nitrogen and oxygen atoms in total. The smallest absolute Gasteiger partial charge is 0.373 e. The van der Waals surface area contributed by atoms with E-state index in [1.807, 2.05) is 158 Å². The number of aromatic hydroxyl groups is 1. The van der Waals surface area contributed by atoms with Gasteiger partial charge in [-0.25, -0.2) is 4.79 Å². The second-order valence-corrected chi connectivity index (χ2v) is 28.4. The monoisotopic (exact) mass is 1840 g/mol. The average molecular weight is 1840 g/mol. The number of carbonyl (C=O) groups excluding carboxylic acids is 6. The number of hydrogen-bond acceptors (Lipinski definition) is 20. The van der Waals surface area contributed by atoms with Gasteiger partial charge in [-0.15, -0.1) is 11.6 Å². The van der Waals surface area contributed by atoms with E-state index in [2.05, 4.69) is 25.1 Å². The minimum atomic E-state index is -0.867. The molecule has 628 valence electrons. The Kier molecular flexibility index (Phi) is 31.9. The largest absolute Gasteiger partial charge is 0.508 e. The number of carbonyl (C=O) groups is 5. The number of furan rings is 4. The Morgan fingerprint density at radius 1 is 0.418 bits per heavy atom. The van der Waals surface area contributed by atoms with Gasteiger partial charge in [0.15, 0.2) is 0 Å². The summed E-state index contributed by atoms with van der Waals surface area (Å²) >= 11 is 5.93. The van der Waals surface area contributed by atoms with Gasteiger partial charge >= 0.3 is 17.7 Å². The Morgan fingerprint density at radius 3 is 1.10 bits per heavy atom. The van der Waals surface area contributed by atoms with E-state index in [0.29, 0.717) is 42.4 Å². The van der Waals surface area contributed by atoms with Crippen LogP contribution in [-0.4, -0.2) is 88.1 Å².